The molecule has 1 fully saturated rings. The highest BCUT2D eigenvalue weighted by Crippen LogP contribution is 2.28. The number of aromatic nitrogens is 1. The van der Waals surface area contributed by atoms with Crippen molar-refractivity contribution in [2.75, 3.05) is 26.7 Å². The Morgan fingerprint density at radius 3 is 2.61 bits per heavy atom. The molecule has 2 amide bonds. The van der Waals surface area contributed by atoms with E-state index in [2.05, 4.69) is 4.98 Å². The molecule has 0 saturated carbocycles. The van der Waals surface area contributed by atoms with E-state index in [1.807, 2.05) is 18.2 Å². The van der Waals surface area contributed by atoms with Crippen LogP contribution in [0.3, 0.4) is 0 Å². The van der Waals surface area contributed by atoms with Crippen molar-refractivity contribution in [1.82, 2.24) is 14.8 Å². The number of amides is 2. The second-order valence-corrected chi connectivity index (χ2v) is 6.32. The van der Waals surface area contributed by atoms with Crippen molar-refractivity contribution in [3.63, 3.8) is 0 Å². The summed E-state index contributed by atoms with van der Waals surface area (Å²) >= 11 is 0. The van der Waals surface area contributed by atoms with Gasteiger partial charge in [-0.1, -0.05) is 12.1 Å². The topological polar surface area (TPSA) is 62.7 Å². The van der Waals surface area contributed by atoms with Crippen LogP contribution in [-0.4, -0.2) is 53.3 Å². The number of hydrogen-bond donors (Lipinski definition) is 0. The number of halogens is 3. The molecule has 0 unspecified atom stereocenters. The van der Waals surface area contributed by atoms with Crippen LogP contribution in [0, 0.1) is 0 Å². The maximum Gasteiger partial charge on any atom is 0.417 e. The summed E-state index contributed by atoms with van der Waals surface area (Å²) in [5.41, 5.74) is -0.151. The van der Waals surface area contributed by atoms with Crippen molar-refractivity contribution >= 4 is 11.8 Å². The zero-order valence-electron chi connectivity index (χ0n) is 15.1. The lowest BCUT2D eigenvalue weighted by molar-refractivity contribution is -0.138. The maximum absolute atomic E-state index is 12.6. The second-order valence-electron chi connectivity index (χ2n) is 6.32. The first-order valence-corrected chi connectivity index (χ1v) is 8.51. The molecule has 2 aromatic rings. The number of methoxy groups -OCH3 is 1. The highest BCUT2D eigenvalue weighted by Gasteiger charge is 2.32. The summed E-state index contributed by atoms with van der Waals surface area (Å²) < 4.78 is 43.0. The summed E-state index contributed by atoms with van der Waals surface area (Å²) in [6.07, 6.45) is -3.90. The molecule has 0 radical (unpaired) electrons. The van der Waals surface area contributed by atoms with Gasteiger partial charge in [-0.25, -0.2) is 0 Å². The van der Waals surface area contributed by atoms with E-state index in [0.717, 1.165) is 17.7 Å². The van der Waals surface area contributed by atoms with Gasteiger partial charge >= 0.3 is 6.18 Å². The Morgan fingerprint density at radius 1 is 1.21 bits per heavy atom. The Labute approximate surface area is 159 Å². The minimum absolute atomic E-state index is 0.123. The molecule has 1 aromatic heterocycles. The van der Waals surface area contributed by atoms with Crippen molar-refractivity contribution in [3.8, 4) is 5.75 Å². The number of alkyl halides is 3. The van der Waals surface area contributed by atoms with E-state index in [0.29, 0.717) is 25.0 Å². The summed E-state index contributed by atoms with van der Waals surface area (Å²) in [5.74, 6) is -0.121. The highest BCUT2D eigenvalue weighted by atomic mass is 19.4. The summed E-state index contributed by atoms with van der Waals surface area (Å²) in [4.78, 5) is 31.4. The molecule has 0 bridgehead atoms. The van der Waals surface area contributed by atoms with E-state index in [1.165, 1.54) is 4.90 Å². The van der Waals surface area contributed by atoms with Crippen LogP contribution in [0.15, 0.2) is 42.6 Å². The fraction of sp³-hybridized carbons (Fsp3) is 0.316. The molecule has 28 heavy (non-hydrogen) atoms. The molecule has 1 aliphatic rings. The van der Waals surface area contributed by atoms with Gasteiger partial charge in [0.25, 0.3) is 5.91 Å². The number of benzene rings is 1. The number of hydrogen-bond acceptors (Lipinski definition) is 4. The molecule has 1 aliphatic heterocycles. The largest absolute Gasteiger partial charge is 0.497 e. The molecular weight excluding hydrogens is 375 g/mol. The molecule has 0 atom stereocenters. The van der Waals surface area contributed by atoms with Gasteiger partial charge in [-0.2, -0.15) is 13.2 Å². The fourth-order valence-corrected chi connectivity index (χ4v) is 2.89. The van der Waals surface area contributed by atoms with Gasteiger partial charge < -0.3 is 14.5 Å². The Kier molecular flexibility index (Phi) is 5.53. The van der Waals surface area contributed by atoms with Crippen LogP contribution in [0.1, 0.15) is 21.6 Å². The van der Waals surface area contributed by atoms with Gasteiger partial charge in [-0.05, 0) is 29.8 Å². The summed E-state index contributed by atoms with van der Waals surface area (Å²) in [7, 11) is 1.56. The van der Waals surface area contributed by atoms with Crippen molar-refractivity contribution in [1.29, 1.82) is 0 Å². The third-order valence-corrected chi connectivity index (χ3v) is 4.42. The van der Waals surface area contributed by atoms with Gasteiger partial charge in [0.2, 0.25) is 5.91 Å². The Hall–Kier alpha value is -3.10. The molecule has 1 aromatic carbocycles. The van der Waals surface area contributed by atoms with Crippen molar-refractivity contribution in [2.24, 2.45) is 0 Å². The first-order chi connectivity index (χ1) is 13.3. The highest BCUT2D eigenvalue weighted by molar-refractivity contribution is 5.95. The van der Waals surface area contributed by atoms with Crippen LogP contribution < -0.4 is 4.74 Å². The van der Waals surface area contributed by atoms with Crippen molar-refractivity contribution in [2.45, 2.75) is 12.7 Å². The van der Waals surface area contributed by atoms with E-state index >= 15 is 0 Å². The maximum atomic E-state index is 12.6. The predicted octanol–water partition coefficient (Wildman–Crippen LogP) is 2.59. The predicted molar refractivity (Wildman–Crippen MR) is 93.6 cm³/mol. The lowest BCUT2D eigenvalue weighted by Crippen LogP contribution is -2.51. The molecule has 1 saturated heterocycles. The normalized spacial score (nSPS) is 14.9. The monoisotopic (exact) mass is 393 g/mol. The van der Waals surface area contributed by atoms with E-state index in [9.17, 15) is 22.8 Å². The van der Waals surface area contributed by atoms with Gasteiger partial charge in [0, 0.05) is 25.8 Å². The third-order valence-electron chi connectivity index (χ3n) is 4.42. The van der Waals surface area contributed by atoms with Crippen LogP contribution in [0.5, 0.6) is 5.75 Å². The number of carbonyl (C=O) groups excluding carboxylic acids is 2. The molecule has 3 rings (SSSR count). The molecule has 0 aliphatic carbocycles. The third kappa shape index (κ3) is 4.41. The minimum atomic E-state index is -4.52. The Morgan fingerprint density at radius 2 is 2.00 bits per heavy atom. The first-order valence-electron chi connectivity index (χ1n) is 8.51. The minimum Gasteiger partial charge on any atom is -0.497 e. The van der Waals surface area contributed by atoms with E-state index in [4.69, 9.17) is 4.74 Å². The lowest BCUT2D eigenvalue weighted by Gasteiger charge is -2.34. The fourth-order valence-electron chi connectivity index (χ4n) is 2.89. The number of ether oxygens (including phenoxy) is 1. The van der Waals surface area contributed by atoms with Crippen LogP contribution in [-0.2, 0) is 17.5 Å². The van der Waals surface area contributed by atoms with Crippen molar-refractivity contribution in [3.05, 3.63) is 59.4 Å². The number of pyridine rings is 1. The van der Waals surface area contributed by atoms with Crippen LogP contribution >= 0.6 is 0 Å². The molecule has 148 valence electrons. The first kappa shape index (κ1) is 19.7. The molecule has 2 heterocycles. The molecule has 0 N–H and O–H groups in total. The number of nitrogens with zero attached hydrogens (tertiary/aromatic N) is 3. The Bertz CT molecular complexity index is 869. The summed E-state index contributed by atoms with van der Waals surface area (Å²) in [6, 6.07) is 9.17. The Balaban J connectivity index is 1.63. The standard InChI is InChI=1S/C19H18F3N3O3/c1-28-15-4-2-3-13(9-15)11-24-7-8-25(12-17(24)26)18(27)16-6-5-14(10-23-16)19(20,21)22/h2-6,9-10H,7-8,11-12H2,1H3. The van der Waals surface area contributed by atoms with Crippen LogP contribution in [0.4, 0.5) is 13.2 Å². The quantitative estimate of drug-likeness (QED) is 0.801. The smallest absolute Gasteiger partial charge is 0.417 e. The second kappa shape index (κ2) is 7.87. The molecule has 0 spiro atoms. The van der Waals surface area contributed by atoms with Crippen molar-refractivity contribution < 1.29 is 27.5 Å². The number of piperazine rings is 1. The number of carbonyl (C=O) groups is 2. The molecule has 6 nitrogen and oxygen atoms in total. The van der Waals surface area contributed by atoms with Gasteiger partial charge in [-0.3, -0.25) is 14.6 Å². The average molecular weight is 393 g/mol. The zero-order chi connectivity index (χ0) is 20.3. The number of rotatable bonds is 4. The van der Waals surface area contributed by atoms with Gasteiger partial charge in [0.1, 0.15) is 18.0 Å². The van der Waals surface area contributed by atoms with E-state index in [1.54, 1.807) is 18.1 Å². The van der Waals surface area contributed by atoms with Gasteiger partial charge in [0.05, 0.1) is 12.7 Å². The SMILES string of the molecule is COc1cccc(CN2CCN(C(=O)c3ccc(C(F)(F)F)cn3)CC2=O)c1. The molecule has 9 heteroatoms. The van der Waals surface area contributed by atoms with E-state index < -0.39 is 17.6 Å². The lowest BCUT2D eigenvalue weighted by atomic mass is 10.1. The average Bonchev–Trinajstić information content (AvgIpc) is 2.68. The summed E-state index contributed by atoms with van der Waals surface area (Å²) in [6.45, 7) is 0.835. The van der Waals surface area contributed by atoms with E-state index in [-0.39, 0.29) is 24.7 Å². The molecular formula is C19H18F3N3O3. The van der Waals surface area contributed by atoms with Crippen LogP contribution in [0.2, 0.25) is 0 Å². The summed E-state index contributed by atoms with van der Waals surface area (Å²) in [5, 5.41) is 0. The zero-order valence-corrected chi connectivity index (χ0v) is 15.1. The van der Waals surface area contributed by atoms with Gasteiger partial charge in [-0.15, -0.1) is 0 Å². The van der Waals surface area contributed by atoms with Crippen LogP contribution in [0.25, 0.3) is 0 Å². The van der Waals surface area contributed by atoms with Gasteiger partial charge in [0.15, 0.2) is 0 Å².